The van der Waals surface area contributed by atoms with Gasteiger partial charge in [-0.25, -0.2) is 0 Å². The van der Waals surface area contributed by atoms with Gasteiger partial charge in [0.05, 0.1) is 6.61 Å². The van der Waals surface area contributed by atoms with Crippen molar-refractivity contribution >= 4 is 0 Å². The van der Waals surface area contributed by atoms with Gasteiger partial charge in [-0.15, -0.1) is 0 Å². The fourth-order valence-corrected chi connectivity index (χ4v) is 1.86. The maximum Gasteiger partial charge on any atom is 0.115 e. The topological polar surface area (TPSA) is 41.5 Å². The first-order chi connectivity index (χ1) is 8.26. The Bertz CT molecular complexity index is 315. The van der Waals surface area contributed by atoms with Gasteiger partial charge in [0.15, 0.2) is 0 Å². The summed E-state index contributed by atoms with van der Waals surface area (Å²) in [5.74, 6) is 0.957. The van der Waals surface area contributed by atoms with Crippen LogP contribution >= 0.6 is 0 Å². The molecule has 0 amide bonds. The molecule has 0 bridgehead atoms. The van der Waals surface area contributed by atoms with E-state index in [0.717, 1.165) is 32.5 Å². The molecule has 0 aliphatic heterocycles. The summed E-state index contributed by atoms with van der Waals surface area (Å²) in [5.41, 5.74) is 1.20. The largest absolute Gasteiger partial charge is 0.508 e. The third-order valence-corrected chi connectivity index (χ3v) is 2.93. The number of phenolic OH excluding ortho intramolecular Hbond substituents is 1. The summed E-state index contributed by atoms with van der Waals surface area (Å²) in [7, 11) is 1.71. The predicted octanol–water partition coefficient (Wildman–Crippen LogP) is 2.20. The van der Waals surface area contributed by atoms with Gasteiger partial charge in [-0.2, -0.15) is 0 Å². The molecular formula is C14H23NO2. The van der Waals surface area contributed by atoms with E-state index in [1.807, 2.05) is 12.1 Å². The van der Waals surface area contributed by atoms with Crippen LogP contribution in [-0.2, 0) is 11.2 Å². The zero-order chi connectivity index (χ0) is 12.5. The fraction of sp³-hybridized carbons (Fsp3) is 0.571. The minimum atomic E-state index is 0.352. The van der Waals surface area contributed by atoms with E-state index in [4.69, 9.17) is 4.74 Å². The van der Waals surface area contributed by atoms with Crippen molar-refractivity contribution in [2.24, 2.45) is 5.92 Å². The number of nitrogens with one attached hydrogen (secondary N) is 1. The van der Waals surface area contributed by atoms with E-state index >= 15 is 0 Å². The Morgan fingerprint density at radius 2 is 2.24 bits per heavy atom. The average Bonchev–Trinajstić information content (AvgIpc) is 2.33. The van der Waals surface area contributed by atoms with E-state index in [0.29, 0.717) is 11.7 Å². The molecule has 2 N–H and O–H groups in total. The summed E-state index contributed by atoms with van der Waals surface area (Å²) in [5, 5.41) is 12.8. The molecule has 1 aromatic rings. The van der Waals surface area contributed by atoms with Crippen LogP contribution in [0, 0.1) is 5.92 Å². The number of benzene rings is 1. The lowest BCUT2D eigenvalue weighted by Gasteiger charge is -2.15. The molecule has 17 heavy (non-hydrogen) atoms. The Hall–Kier alpha value is -1.06. The molecule has 3 nitrogen and oxygen atoms in total. The molecular weight excluding hydrogens is 214 g/mol. The molecule has 0 aromatic heterocycles. The summed E-state index contributed by atoms with van der Waals surface area (Å²) in [6.45, 7) is 4.84. The number of phenols is 1. The quantitative estimate of drug-likeness (QED) is 0.681. The van der Waals surface area contributed by atoms with Gasteiger partial charge in [0.25, 0.3) is 0 Å². The van der Waals surface area contributed by atoms with Gasteiger partial charge in [-0.3, -0.25) is 0 Å². The molecule has 0 aliphatic carbocycles. The van der Waals surface area contributed by atoms with E-state index in [-0.39, 0.29) is 0 Å². The second-order valence-corrected chi connectivity index (χ2v) is 4.35. The molecule has 0 fully saturated rings. The average molecular weight is 237 g/mol. The van der Waals surface area contributed by atoms with Gasteiger partial charge in [-0.1, -0.05) is 25.5 Å². The second kappa shape index (κ2) is 8.09. The summed E-state index contributed by atoms with van der Waals surface area (Å²) >= 11 is 0. The first-order valence-corrected chi connectivity index (χ1v) is 6.23. The molecule has 1 atom stereocenters. The Morgan fingerprint density at radius 3 is 2.88 bits per heavy atom. The number of hydrogen-bond acceptors (Lipinski definition) is 3. The fourth-order valence-electron chi connectivity index (χ4n) is 1.86. The lowest BCUT2D eigenvalue weighted by Crippen LogP contribution is -2.26. The number of rotatable bonds is 8. The van der Waals surface area contributed by atoms with Crippen molar-refractivity contribution in [3.8, 4) is 5.75 Å². The van der Waals surface area contributed by atoms with Crippen molar-refractivity contribution < 1.29 is 9.84 Å². The molecule has 0 radical (unpaired) electrons. The van der Waals surface area contributed by atoms with E-state index in [1.165, 1.54) is 5.56 Å². The van der Waals surface area contributed by atoms with Gasteiger partial charge < -0.3 is 15.2 Å². The Morgan fingerprint density at radius 1 is 1.41 bits per heavy atom. The number of methoxy groups -OCH3 is 1. The number of hydrogen-bond donors (Lipinski definition) is 2. The molecule has 0 saturated carbocycles. The van der Waals surface area contributed by atoms with Gasteiger partial charge >= 0.3 is 0 Å². The van der Waals surface area contributed by atoms with Gasteiger partial charge in [0.1, 0.15) is 5.75 Å². The Kier molecular flexibility index (Phi) is 6.67. The standard InChI is InChI=1S/C14H23NO2/c1-3-12(11-15-7-8-17-2)9-13-5-4-6-14(16)10-13/h4-6,10,12,15-16H,3,7-9,11H2,1-2H3. The van der Waals surface area contributed by atoms with E-state index < -0.39 is 0 Å². The van der Waals surface area contributed by atoms with Crippen LogP contribution in [0.3, 0.4) is 0 Å². The maximum absolute atomic E-state index is 9.41. The summed E-state index contributed by atoms with van der Waals surface area (Å²) in [6.07, 6.45) is 2.14. The van der Waals surface area contributed by atoms with Crippen molar-refractivity contribution in [2.45, 2.75) is 19.8 Å². The van der Waals surface area contributed by atoms with E-state index in [2.05, 4.69) is 18.3 Å². The maximum atomic E-state index is 9.41. The molecule has 96 valence electrons. The smallest absolute Gasteiger partial charge is 0.115 e. The van der Waals surface area contributed by atoms with Gasteiger partial charge in [-0.05, 0) is 36.6 Å². The molecule has 0 spiro atoms. The second-order valence-electron chi connectivity index (χ2n) is 4.35. The van der Waals surface area contributed by atoms with Crippen LogP contribution in [0.4, 0.5) is 0 Å². The lowest BCUT2D eigenvalue weighted by atomic mass is 9.97. The molecule has 0 saturated heterocycles. The summed E-state index contributed by atoms with van der Waals surface area (Å²) in [4.78, 5) is 0. The van der Waals surface area contributed by atoms with Crippen LogP contribution in [-0.4, -0.2) is 31.9 Å². The highest BCUT2D eigenvalue weighted by Gasteiger charge is 2.07. The number of ether oxygens (including phenoxy) is 1. The molecule has 0 heterocycles. The van der Waals surface area contributed by atoms with Gasteiger partial charge in [0, 0.05) is 13.7 Å². The van der Waals surface area contributed by atoms with Crippen LogP contribution in [0.2, 0.25) is 0 Å². The highest BCUT2D eigenvalue weighted by Crippen LogP contribution is 2.16. The van der Waals surface area contributed by atoms with Gasteiger partial charge in [0.2, 0.25) is 0 Å². The normalized spacial score (nSPS) is 12.6. The van der Waals surface area contributed by atoms with Crippen molar-refractivity contribution in [3.63, 3.8) is 0 Å². The van der Waals surface area contributed by atoms with Crippen molar-refractivity contribution in [1.82, 2.24) is 5.32 Å². The van der Waals surface area contributed by atoms with Crippen LogP contribution in [0.5, 0.6) is 5.75 Å². The van der Waals surface area contributed by atoms with Crippen LogP contribution in [0.15, 0.2) is 24.3 Å². The minimum absolute atomic E-state index is 0.352. The zero-order valence-corrected chi connectivity index (χ0v) is 10.8. The number of aromatic hydroxyl groups is 1. The predicted molar refractivity (Wildman–Crippen MR) is 70.3 cm³/mol. The van der Waals surface area contributed by atoms with Crippen molar-refractivity contribution in [3.05, 3.63) is 29.8 Å². The first-order valence-electron chi connectivity index (χ1n) is 6.23. The SMILES string of the molecule is CCC(CNCCOC)Cc1cccc(O)c1. The molecule has 1 rings (SSSR count). The van der Waals surface area contributed by atoms with E-state index in [9.17, 15) is 5.11 Å². The van der Waals surface area contributed by atoms with Crippen LogP contribution < -0.4 is 5.32 Å². The first kappa shape index (κ1) is 14.0. The third-order valence-electron chi connectivity index (χ3n) is 2.93. The Balaban J connectivity index is 2.35. The van der Waals surface area contributed by atoms with Crippen LogP contribution in [0.25, 0.3) is 0 Å². The summed E-state index contributed by atoms with van der Waals surface area (Å²) < 4.78 is 5.00. The zero-order valence-electron chi connectivity index (χ0n) is 10.8. The van der Waals surface area contributed by atoms with E-state index in [1.54, 1.807) is 13.2 Å². The monoisotopic (exact) mass is 237 g/mol. The molecule has 1 aromatic carbocycles. The molecule has 3 heteroatoms. The Labute approximate surface area is 104 Å². The highest BCUT2D eigenvalue weighted by molar-refractivity contribution is 5.27. The summed E-state index contributed by atoms with van der Waals surface area (Å²) in [6, 6.07) is 7.52. The lowest BCUT2D eigenvalue weighted by molar-refractivity contribution is 0.197. The van der Waals surface area contributed by atoms with Crippen LogP contribution in [0.1, 0.15) is 18.9 Å². The third kappa shape index (κ3) is 5.71. The van der Waals surface area contributed by atoms with Crippen molar-refractivity contribution in [2.75, 3.05) is 26.8 Å². The molecule has 0 aliphatic rings. The highest BCUT2D eigenvalue weighted by atomic mass is 16.5. The minimum Gasteiger partial charge on any atom is -0.508 e. The van der Waals surface area contributed by atoms with Crippen molar-refractivity contribution in [1.29, 1.82) is 0 Å². The molecule has 1 unspecified atom stereocenters.